The van der Waals surface area contributed by atoms with Crippen LogP contribution in [0.4, 0.5) is 4.39 Å². The number of piperidine rings is 1. The molecule has 0 N–H and O–H groups in total. The molecule has 0 amide bonds. The van der Waals surface area contributed by atoms with Crippen LogP contribution in [0.15, 0.2) is 42.5 Å². The van der Waals surface area contributed by atoms with Crippen LogP contribution in [0.2, 0.25) is 0 Å². The van der Waals surface area contributed by atoms with Gasteiger partial charge in [-0.2, -0.15) is 0 Å². The van der Waals surface area contributed by atoms with E-state index in [2.05, 4.69) is 4.90 Å². The molecule has 0 radical (unpaired) electrons. The minimum atomic E-state index is -0.198. The second kappa shape index (κ2) is 10.8. The van der Waals surface area contributed by atoms with E-state index in [0.717, 1.165) is 56.5 Å². The van der Waals surface area contributed by atoms with E-state index in [1.54, 1.807) is 12.1 Å². The van der Waals surface area contributed by atoms with Crippen LogP contribution in [-0.4, -0.2) is 51.1 Å². The van der Waals surface area contributed by atoms with Gasteiger partial charge in [-0.15, -0.1) is 12.4 Å². The average Bonchev–Trinajstić information content (AvgIpc) is 3.21. The van der Waals surface area contributed by atoms with E-state index in [9.17, 15) is 4.39 Å². The van der Waals surface area contributed by atoms with Crippen LogP contribution < -0.4 is 14.2 Å². The fraction of sp³-hybridized carbons (Fsp3) is 0.478. The second-order valence-corrected chi connectivity index (χ2v) is 7.53. The Bertz CT molecular complexity index is 804. The first-order chi connectivity index (χ1) is 14.2. The maximum atomic E-state index is 13.4. The summed E-state index contributed by atoms with van der Waals surface area (Å²) in [6.07, 6.45) is 1.02. The normalized spacial score (nSPS) is 20.6. The van der Waals surface area contributed by atoms with Crippen molar-refractivity contribution in [1.29, 1.82) is 0 Å². The Balaban J connectivity index is 0.00000256. The zero-order valence-electron chi connectivity index (χ0n) is 17.2. The zero-order valence-corrected chi connectivity index (χ0v) is 18.0. The molecule has 5 nitrogen and oxygen atoms in total. The molecule has 4 rings (SSSR count). The first-order valence-corrected chi connectivity index (χ1v) is 10.3. The van der Waals surface area contributed by atoms with Crippen LogP contribution in [-0.2, 0) is 4.74 Å². The number of nitrogens with zero attached hydrogens (tertiary/aromatic N) is 1. The van der Waals surface area contributed by atoms with Crippen molar-refractivity contribution in [2.24, 2.45) is 5.92 Å². The van der Waals surface area contributed by atoms with Gasteiger partial charge in [-0.1, -0.05) is 12.1 Å². The third-order valence-electron chi connectivity index (χ3n) is 5.68. The smallest absolute Gasteiger partial charge is 0.231 e. The van der Waals surface area contributed by atoms with Crippen molar-refractivity contribution < 1.29 is 23.3 Å². The molecule has 0 aromatic heterocycles. The van der Waals surface area contributed by atoms with Gasteiger partial charge in [-0.25, -0.2) is 4.39 Å². The molecule has 164 valence electrons. The van der Waals surface area contributed by atoms with Crippen molar-refractivity contribution in [2.75, 3.05) is 46.2 Å². The van der Waals surface area contributed by atoms with Gasteiger partial charge in [-0.05, 0) is 55.6 Å². The van der Waals surface area contributed by atoms with Crippen LogP contribution in [0, 0.1) is 11.7 Å². The highest BCUT2D eigenvalue weighted by Crippen LogP contribution is 2.37. The van der Waals surface area contributed by atoms with Gasteiger partial charge in [0.1, 0.15) is 11.6 Å². The van der Waals surface area contributed by atoms with E-state index in [0.29, 0.717) is 18.4 Å². The zero-order chi connectivity index (χ0) is 20.1. The molecule has 2 heterocycles. The fourth-order valence-corrected chi connectivity index (χ4v) is 4.14. The van der Waals surface area contributed by atoms with E-state index in [1.807, 2.05) is 37.3 Å². The summed E-state index contributed by atoms with van der Waals surface area (Å²) in [6, 6.07) is 12.6. The Morgan fingerprint density at radius 3 is 2.70 bits per heavy atom. The third kappa shape index (κ3) is 5.56. The number of fused-ring (bicyclic) bond motifs is 1. The van der Waals surface area contributed by atoms with Gasteiger partial charge in [0.05, 0.1) is 13.2 Å². The lowest BCUT2D eigenvalue weighted by molar-refractivity contribution is 0.0705. The molecular weight excluding hydrogens is 409 g/mol. The van der Waals surface area contributed by atoms with Crippen LogP contribution in [0.3, 0.4) is 0 Å². The molecule has 2 aliphatic heterocycles. The highest BCUT2D eigenvalue weighted by Gasteiger charge is 2.31. The standard InChI is InChI=1S/C23H28FNO4.ClH/c1-2-26-12-11-25-10-9-21(17-3-5-19(24)6-4-17)18(14-25)15-27-20-7-8-22-23(13-20)29-16-28-22;/h3-8,13,18,21H,2,9-12,14-16H2,1H3;1H/t18-,21-;/m0./s1. The molecule has 7 heteroatoms. The summed E-state index contributed by atoms with van der Waals surface area (Å²) in [6.45, 7) is 7.20. The number of benzene rings is 2. The third-order valence-corrected chi connectivity index (χ3v) is 5.68. The summed E-state index contributed by atoms with van der Waals surface area (Å²) in [7, 11) is 0. The summed E-state index contributed by atoms with van der Waals surface area (Å²) in [5, 5.41) is 0. The molecule has 1 saturated heterocycles. The molecule has 2 atom stereocenters. The summed E-state index contributed by atoms with van der Waals surface area (Å²) in [5.41, 5.74) is 1.18. The molecule has 0 spiro atoms. The Morgan fingerprint density at radius 1 is 1.10 bits per heavy atom. The van der Waals surface area contributed by atoms with Crippen LogP contribution in [0.5, 0.6) is 17.2 Å². The van der Waals surface area contributed by atoms with Crippen LogP contribution in [0.25, 0.3) is 0 Å². The minimum Gasteiger partial charge on any atom is -0.493 e. The Labute approximate surface area is 183 Å². The van der Waals surface area contributed by atoms with Gasteiger partial charge in [0.15, 0.2) is 11.5 Å². The molecule has 0 aliphatic carbocycles. The largest absolute Gasteiger partial charge is 0.493 e. The number of halogens is 2. The number of likely N-dealkylation sites (tertiary alicyclic amines) is 1. The number of ether oxygens (including phenoxy) is 4. The first-order valence-electron chi connectivity index (χ1n) is 10.3. The molecule has 0 saturated carbocycles. The average molecular weight is 438 g/mol. The van der Waals surface area contributed by atoms with E-state index in [1.165, 1.54) is 5.56 Å². The fourth-order valence-electron chi connectivity index (χ4n) is 4.14. The predicted octanol–water partition coefficient (Wildman–Crippen LogP) is 4.50. The van der Waals surface area contributed by atoms with Gasteiger partial charge >= 0.3 is 0 Å². The van der Waals surface area contributed by atoms with Gasteiger partial charge < -0.3 is 23.8 Å². The summed E-state index contributed by atoms with van der Waals surface area (Å²) in [4.78, 5) is 2.43. The van der Waals surface area contributed by atoms with Crippen molar-refractivity contribution in [3.63, 3.8) is 0 Å². The molecular formula is C23H29ClFNO4. The molecule has 2 aromatic carbocycles. The monoisotopic (exact) mass is 437 g/mol. The molecule has 0 unspecified atom stereocenters. The number of rotatable bonds is 8. The highest BCUT2D eigenvalue weighted by atomic mass is 35.5. The van der Waals surface area contributed by atoms with Crippen molar-refractivity contribution in [2.45, 2.75) is 19.3 Å². The number of hydrogen-bond acceptors (Lipinski definition) is 5. The minimum absolute atomic E-state index is 0. The molecule has 0 bridgehead atoms. The second-order valence-electron chi connectivity index (χ2n) is 7.53. The summed E-state index contributed by atoms with van der Waals surface area (Å²) < 4.78 is 35.9. The maximum absolute atomic E-state index is 13.4. The lowest BCUT2D eigenvalue weighted by Gasteiger charge is -2.38. The van der Waals surface area contributed by atoms with Gasteiger partial charge in [0, 0.05) is 31.7 Å². The lowest BCUT2D eigenvalue weighted by atomic mass is 9.81. The van der Waals surface area contributed by atoms with Gasteiger partial charge in [0.25, 0.3) is 0 Å². The summed E-state index contributed by atoms with van der Waals surface area (Å²) in [5.74, 6) is 2.70. The molecule has 2 aromatic rings. The van der Waals surface area contributed by atoms with Gasteiger partial charge in [-0.3, -0.25) is 0 Å². The van der Waals surface area contributed by atoms with Crippen LogP contribution in [0.1, 0.15) is 24.8 Å². The SMILES string of the molecule is CCOCCN1CC[C@@H](c2ccc(F)cc2)[C@H](COc2ccc3c(c2)OCO3)C1.Cl. The van der Waals surface area contributed by atoms with Gasteiger partial charge in [0.2, 0.25) is 6.79 Å². The summed E-state index contributed by atoms with van der Waals surface area (Å²) >= 11 is 0. The number of hydrogen-bond donors (Lipinski definition) is 0. The van der Waals surface area contributed by atoms with Crippen LogP contribution >= 0.6 is 12.4 Å². The Morgan fingerprint density at radius 2 is 1.90 bits per heavy atom. The quantitative estimate of drug-likeness (QED) is 0.569. The maximum Gasteiger partial charge on any atom is 0.231 e. The Kier molecular flexibility index (Phi) is 8.19. The van der Waals surface area contributed by atoms with E-state index >= 15 is 0 Å². The van der Waals surface area contributed by atoms with Crippen molar-refractivity contribution in [1.82, 2.24) is 4.90 Å². The highest BCUT2D eigenvalue weighted by molar-refractivity contribution is 5.85. The molecule has 1 fully saturated rings. The van der Waals surface area contributed by atoms with E-state index in [-0.39, 0.29) is 25.0 Å². The predicted molar refractivity (Wildman–Crippen MR) is 115 cm³/mol. The Hall–Kier alpha value is -2.02. The lowest BCUT2D eigenvalue weighted by Crippen LogP contribution is -2.43. The van der Waals surface area contributed by atoms with Crippen molar-refractivity contribution in [3.05, 3.63) is 53.8 Å². The molecule has 2 aliphatic rings. The topological polar surface area (TPSA) is 40.2 Å². The van der Waals surface area contributed by atoms with E-state index in [4.69, 9.17) is 18.9 Å². The van der Waals surface area contributed by atoms with E-state index < -0.39 is 0 Å². The molecule has 30 heavy (non-hydrogen) atoms. The first kappa shape index (κ1) is 22.7. The van der Waals surface area contributed by atoms with Crippen molar-refractivity contribution >= 4 is 12.4 Å². The van der Waals surface area contributed by atoms with Crippen molar-refractivity contribution in [3.8, 4) is 17.2 Å².